The average molecular weight is 564 g/mol. The molecule has 2 aliphatic heterocycles. The molecule has 1 amide bonds. The number of carbonyl (C=O) groups is 1. The first-order chi connectivity index (χ1) is 19.2. The Kier molecular flexibility index (Phi) is 8.33. The Morgan fingerprint density at radius 3 is 2.55 bits per heavy atom. The maximum absolute atomic E-state index is 15.0. The molecule has 2 aromatic heterocycles. The Bertz CT molecular complexity index is 1350. The molecule has 5 rings (SSSR count). The van der Waals surface area contributed by atoms with E-state index in [4.69, 9.17) is 19.9 Å². The second kappa shape index (κ2) is 11.9. The molecule has 0 radical (unpaired) electrons. The standard InChI is InChI=1S/C27H29F4N5O4/c1-36-26(23-5-3-20(32)19(31)13-39-23)22(12-33-36)35-27(37)21-4-2-16(28)25(34-21)24-17(29)10-15(11-18(24)30)40-14-6-8-38-9-7-14/h2,4,10-12,14,19-20,23H,3,5-9,13,32H2,1H3,(H,35,37)/t19-,20+,23-/m0/s1. The Morgan fingerprint density at radius 2 is 1.82 bits per heavy atom. The van der Waals surface area contributed by atoms with Gasteiger partial charge in [-0.25, -0.2) is 22.5 Å². The molecule has 1 aromatic carbocycles. The van der Waals surface area contributed by atoms with Crippen molar-refractivity contribution < 1.29 is 36.6 Å². The van der Waals surface area contributed by atoms with E-state index < -0.39 is 52.9 Å². The number of nitrogens with zero attached hydrogens (tertiary/aromatic N) is 3. The smallest absolute Gasteiger partial charge is 0.274 e. The highest BCUT2D eigenvalue weighted by atomic mass is 19.1. The van der Waals surface area contributed by atoms with Crippen molar-refractivity contribution >= 4 is 11.6 Å². The van der Waals surface area contributed by atoms with Gasteiger partial charge in [-0.1, -0.05) is 0 Å². The number of amides is 1. The van der Waals surface area contributed by atoms with Crippen molar-refractivity contribution in [3.05, 3.63) is 59.3 Å². The van der Waals surface area contributed by atoms with E-state index in [0.717, 1.165) is 24.3 Å². The Hall–Kier alpha value is -3.55. The van der Waals surface area contributed by atoms with E-state index in [9.17, 15) is 13.6 Å². The molecule has 40 heavy (non-hydrogen) atoms. The molecular weight excluding hydrogens is 534 g/mol. The van der Waals surface area contributed by atoms with Crippen LogP contribution in [-0.4, -0.2) is 58.8 Å². The van der Waals surface area contributed by atoms with E-state index in [1.54, 1.807) is 7.05 Å². The number of hydrogen-bond donors (Lipinski definition) is 2. The minimum atomic E-state index is -1.32. The maximum atomic E-state index is 15.0. The molecule has 0 aliphatic carbocycles. The Balaban J connectivity index is 1.37. The number of benzene rings is 1. The quantitative estimate of drug-likeness (QED) is 0.432. The summed E-state index contributed by atoms with van der Waals surface area (Å²) in [7, 11) is 1.64. The van der Waals surface area contributed by atoms with Crippen molar-refractivity contribution in [2.45, 2.75) is 50.1 Å². The van der Waals surface area contributed by atoms with Crippen molar-refractivity contribution in [3.8, 4) is 17.0 Å². The lowest BCUT2D eigenvalue weighted by molar-refractivity contribution is 0.0247. The molecule has 2 aliphatic rings. The van der Waals surface area contributed by atoms with Gasteiger partial charge in [0.25, 0.3) is 5.91 Å². The fraction of sp³-hybridized carbons (Fsp3) is 0.444. The third-order valence-corrected chi connectivity index (χ3v) is 7.02. The number of halogens is 4. The van der Waals surface area contributed by atoms with Crippen LogP contribution in [-0.2, 0) is 16.5 Å². The third kappa shape index (κ3) is 5.96. The summed E-state index contributed by atoms with van der Waals surface area (Å²) in [5, 5.41) is 6.80. The second-order valence-electron chi connectivity index (χ2n) is 9.82. The molecule has 0 bridgehead atoms. The Morgan fingerprint density at radius 1 is 1.10 bits per heavy atom. The summed E-state index contributed by atoms with van der Waals surface area (Å²) in [5.74, 6) is -4.00. The van der Waals surface area contributed by atoms with E-state index in [2.05, 4.69) is 15.4 Å². The molecule has 0 saturated carbocycles. The van der Waals surface area contributed by atoms with Gasteiger partial charge in [0.15, 0.2) is 0 Å². The second-order valence-corrected chi connectivity index (χ2v) is 9.82. The number of hydrogen-bond acceptors (Lipinski definition) is 7. The number of carbonyl (C=O) groups excluding carboxylic acids is 1. The lowest BCUT2D eigenvalue weighted by Gasteiger charge is -2.23. The Labute approximate surface area is 227 Å². The summed E-state index contributed by atoms with van der Waals surface area (Å²) in [6.45, 7) is 0.764. The summed E-state index contributed by atoms with van der Waals surface area (Å²) in [6, 6.07) is 3.26. The lowest BCUT2D eigenvalue weighted by atomic mass is 10.0. The predicted octanol–water partition coefficient (Wildman–Crippen LogP) is 4.23. The van der Waals surface area contributed by atoms with Crippen molar-refractivity contribution in [2.24, 2.45) is 12.8 Å². The summed E-state index contributed by atoms with van der Waals surface area (Å²) in [6.07, 6.45) is 1.14. The summed E-state index contributed by atoms with van der Waals surface area (Å²) >= 11 is 0. The van der Waals surface area contributed by atoms with Crippen molar-refractivity contribution in [1.82, 2.24) is 14.8 Å². The lowest BCUT2D eigenvalue weighted by Crippen LogP contribution is -2.32. The molecule has 2 saturated heterocycles. The van der Waals surface area contributed by atoms with Gasteiger partial charge in [-0.05, 0) is 25.0 Å². The molecule has 214 valence electrons. The number of nitrogens with one attached hydrogen (secondary N) is 1. The summed E-state index contributed by atoms with van der Waals surface area (Å²) < 4.78 is 77.0. The highest BCUT2D eigenvalue weighted by Gasteiger charge is 2.30. The number of ether oxygens (including phenoxy) is 3. The van der Waals surface area contributed by atoms with E-state index in [1.807, 2.05) is 0 Å². The van der Waals surface area contributed by atoms with Gasteiger partial charge in [0.05, 0.1) is 43.0 Å². The highest BCUT2D eigenvalue weighted by molar-refractivity contribution is 6.03. The zero-order chi connectivity index (χ0) is 28.4. The number of aromatic nitrogens is 3. The van der Waals surface area contributed by atoms with E-state index >= 15 is 8.78 Å². The molecular formula is C27H29F4N5O4. The first-order valence-corrected chi connectivity index (χ1v) is 13.0. The SMILES string of the molecule is Cn1ncc(NC(=O)c2ccc(F)c(-c3c(F)cc(OC4CCOCC4)cc3F)n2)c1[C@@H]1CC[C@@H](N)[C@@H](F)CO1. The van der Waals surface area contributed by atoms with Crippen LogP contribution in [0.5, 0.6) is 5.75 Å². The number of rotatable bonds is 6. The third-order valence-electron chi connectivity index (χ3n) is 7.02. The summed E-state index contributed by atoms with van der Waals surface area (Å²) in [4.78, 5) is 17.0. The minimum Gasteiger partial charge on any atom is -0.490 e. The van der Waals surface area contributed by atoms with Gasteiger partial charge in [-0.3, -0.25) is 9.48 Å². The first kappa shape index (κ1) is 28.0. The fourth-order valence-electron chi connectivity index (χ4n) is 4.84. The van der Waals surface area contributed by atoms with Gasteiger partial charge in [-0.2, -0.15) is 5.10 Å². The molecule has 13 heteroatoms. The van der Waals surface area contributed by atoms with E-state index in [-0.39, 0.29) is 29.8 Å². The first-order valence-electron chi connectivity index (χ1n) is 13.0. The highest BCUT2D eigenvalue weighted by Crippen LogP contribution is 2.34. The number of pyridine rings is 1. The predicted molar refractivity (Wildman–Crippen MR) is 136 cm³/mol. The van der Waals surface area contributed by atoms with Gasteiger partial charge in [-0.15, -0.1) is 0 Å². The minimum absolute atomic E-state index is 0.0372. The van der Waals surface area contributed by atoms with E-state index in [1.165, 1.54) is 10.9 Å². The van der Waals surface area contributed by atoms with Crippen LogP contribution in [0.3, 0.4) is 0 Å². The van der Waals surface area contributed by atoms with Crippen LogP contribution in [0.2, 0.25) is 0 Å². The monoisotopic (exact) mass is 563 g/mol. The normalized spacial score (nSPS) is 22.1. The average Bonchev–Trinajstić information content (AvgIpc) is 3.20. The molecule has 2 fully saturated rings. The van der Waals surface area contributed by atoms with Gasteiger partial charge in [0.1, 0.15) is 53.0 Å². The number of anilines is 1. The summed E-state index contributed by atoms with van der Waals surface area (Å²) in [5.41, 5.74) is 4.89. The molecule has 3 atom stereocenters. The van der Waals surface area contributed by atoms with E-state index in [0.29, 0.717) is 44.6 Å². The largest absolute Gasteiger partial charge is 0.490 e. The van der Waals surface area contributed by atoms with Crippen LogP contribution in [0.1, 0.15) is 48.0 Å². The van der Waals surface area contributed by atoms with Gasteiger partial charge >= 0.3 is 0 Å². The van der Waals surface area contributed by atoms with Gasteiger partial charge in [0.2, 0.25) is 0 Å². The van der Waals surface area contributed by atoms with Crippen LogP contribution in [0.25, 0.3) is 11.3 Å². The zero-order valence-electron chi connectivity index (χ0n) is 21.7. The van der Waals surface area contributed by atoms with Crippen molar-refractivity contribution in [2.75, 3.05) is 25.1 Å². The van der Waals surface area contributed by atoms with Crippen molar-refractivity contribution in [1.29, 1.82) is 0 Å². The fourth-order valence-corrected chi connectivity index (χ4v) is 4.84. The number of nitrogens with two attached hydrogens (primary N) is 1. The van der Waals surface area contributed by atoms with Gasteiger partial charge < -0.3 is 25.3 Å². The topological polar surface area (TPSA) is 114 Å². The molecule has 3 aromatic rings. The molecule has 3 N–H and O–H groups in total. The van der Waals surface area contributed by atoms with Crippen LogP contribution in [0, 0.1) is 17.5 Å². The number of aryl methyl sites for hydroxylation is 1. The number of alkyl halides is 1. The maximum Gasteiger partial charge on any atom is 0.274 e. The van der Waals surface area contributed by atoms with Gasteiger partial charge in [0, 0.05) is 38.1 Å². The molecule has 9 nitrogen and oxygen atoms in total. The zero-order valence-corrected chi connectivity index (χ0v) is 21.7. The molecule has 4 heterocycles. The van der Waals surface area contributed by atoms with Crippen LogP contribution >= 0.6 is 0 Å². The van der Waals surface area contributed by atoms with Crippen LogP contribution in [0.4, 0.5) is 23.2 Å². The molecule has 0 spiro atoms. The van der Waals surface area contributed by atoms with Crippen LogP contribution in [0.15, 0.2) is 30.5 Å². The van der Waals surface area contributed by atoms with Crippen LogP contribution < -0.4 is 15.8 Å². The van der Waals surface area contributed by atoms with Crippen molar-refractivity contribution in [3.63, 3.8) is 0 Å². The molecule has 0 unspecified atom stereocenters.